The molecule has 0 atom stereocenters. The summed E-state index contributed by atoms with van der Waals surface area (Å²) in [6.07, 6.45) is 0. The molecule has 4 heteroatoms. The number of methoxy groups -OCH3 is 2. The maximum Gasteiger partial charge on any atom is 0.188 e. The van der Waals surface area contributed by atoms with Gasteiger partial charge in [-0.3, -0.25) is 4.79 Å². The summed E-state index contributed by atoms with van der Waals surface area (Å²) in [7, 11) is 3.10. The van der Waals surface area contributed by atoms with Gasteiger partial charge in [0.05, 0.1) is 19.8 Å². The Balaban J connectivity index is 2.84. The second kappa shape index (κ2) is 5.87. The normalized spacial score (nSPS) is 11.2. The minimum absolute atomic E-state index is 0.0415. The van der Waals surface area contributed by atoms with E-state index in [0.717, 1.165) is 0 Å². The molecule has 0 aromatic heterocycles. The largest absolute Gasteiger partial charge is 0.497 e. The van der Waals surface area contributed by atoms with Gasteiger partial charge in [0.25, 0.3) is 0 Å². The second-order valence-electron chi connectivity index (χ2n) is 4.93. The number of carbonyl (C=O) groups is 1. The Morgan fingerprint density at radius 1 is 1.06 bits per heavy atom. The molecule has 0 unspecified atom stereocenters. The predicted octanol–water partition coefficient (Wildman–Crippen LogP) is 2.70. The zero-order valence-corrected chi connectivity index (χ0v) is 11.6. The summed E-state index contributed by atoms with van der Waals surface area (Å²) >= 11 is 0. The van der Waals surface area contributed by atoms with Crippen LogP contribution in [0.1, 0.15) is 31.1 Å². The topological polar surface area (TPSA) is 44.8 Å². The van der Waals surface area contributed by atoms with Crippen LogP contribution in [0.5, 0.6) is 11.5 Å². The van der Waals surface area contributed by atoms with Crippen LogP contribution in [-0.4, -0.2) is 32.2 Å². The summed E-state index contributed by atoms with van der Waals surface area (Å²) in [6.45, 7) is 5.77. The van der Waals surface area contributed by atoms with E-state index in [2.05, 4.69) is 0 Å². The minimum Gasteiger partial charge on any atom is -0.497 e. The molecule has 0 amide bonds. The lowest BCUT2D eigenvalue weighted by Crippen LogP contribution is -2.23. The van der Waals surface area contributed by atoms with Gasteiger partial charge in [-0.1, -0.05) is 0 Å². The molecule has 0 saturated carbocycles. The van der Waals surface area contributed by atoms with Crippen LogP contribution in [0.3, 0.4) is 0 Å². The molecule has 0 aliphatic heterocycles. The van der Waals surface area contributed by atoms with Crippen molar-refractivity contribution >= 4 is 5.78 Å². The number of rotatable bonds is 5. The van der Waals surface area contributed by atoms with Crippen molar-refractivity contribution in [1.29, 1.82) is 0 Å². The number of carbonyl (C=O) groups excluding carboxylic acids is 1. The molecule has 0 aliphatic carbocycles. The van der Waals surface area contributed by atoms with Crippen LogP contribution in [0.4, 0.5) is 0 Å². The van der Waals surface area contributed by atoms with Gasteiger partial charge in [0.15, 0.2) is 5.78 Å². The molecule has 0 N–H and O–H groups in total. The molecule has 0 aliphatic rings. The molecule has 1 aromatic rings. The molecular formula is C14H20O4. The van der Waals surface area contributed by atoms with Crippen molar-refractivity contribution in [2.24, 2.45) is 0 Å². The van der Waals surface area contributed by atoms with Crippen molar-refractivity contribution in [3.05, 3.63) is 23.8 Å². The number of hydrogen-bond donors (Lipinski definition) is 0. The molecule has 0 radical (unpaired) electrons. The third kappa shape index (κ3) is 4.37. The second-order valence-corrected chi connectivity index (χ2v) is 4.93. The molecule has 0 spiro atoms. The van der Waals surface area contributed by atoms with Crippen molar-refractivity contribution in [2.45, 2.75) is 26.4 Å². The van der Waals surface area contributed by atoms with E-state index in [-0.39, 0.29) is 18.0 Å². The quantitative estimate of drug-likeness (QED) is 0.756. The van der Waals surface area contributed by atoms with Crippen molar-refractivity contribution in [2.75, 3.05) is 20.8 Å². The molecule has 100 valence electrons. The van der Waals surface area contributed by atoms with Gasteiger partial charge in [-0.2, -0.15) is 0 Å². The summed E-state index contributed by atoms with van der Waals surface area (Å²) in [5.74, 6) is 1.09. The van der Waals surface area contributed by atoms with Crippen molar-refractivity contribution in [3.63, 3.8) is 0 Å². The molecule has 0 heterocycles. The highest BCUT2D eigenvalue weighted by molar-refractivity contribution is 5.97. The maximum absolute atomic E-state index is 12.0. The Morgan fingerprint density at radius 3 is 1.94 bits per heavy atom. The molecular weight excluding hydrogens is 232 g/mol. The SMILES string of the molecule is COc1cc(OC)cc(C(=O)COC(C)(C)C)c1. The van der Waals surface area contributed by atoms with Crippen LogP contribution in [0.25, 0.3) is 0 Å². The summed E-state index contributed by atoms with van der Waals surface area (Å²) in [6, 6.07) is 5.08. The van der Waals surface area contributed by atoms with Gasteiger partial charge in [0, 0.05) is 11.6 Å². The fraction of sp³-hybridized carbons (Fsp3) is 0.500. The summed E-state index contributed by atoms with van der Waals surface area (Å²) in [5.41, 5.74) is 0.189. The smallest absolute Gasteiger partial charge is 0.188 e. The van der Waals surface area contributed by atoms with Crippen LogP contribution in [0, 0.1) is 0 Å². The summed E-state index contributed by atoms with van der Waals surface area (Å²) in [5, 5.41) is 0. The first-order valence-corrected chi connectivity index (χ1v) is 5.76. The molecule has 4 nitrogen and oxygen atoms in total. The van der Waals surface area contributed by atoms with Gasteiger partial charge in [-0.15, -0.1) is 0 Å². The molecule has 0 fully saturated rings. The Labute approximate surface area is 108 Å². The van der Waals surface area contributed by atoms with E-state index in [1.807, 2.05) is 20.8 Å². The Kier molecular flexibility index (Phi) is 4.73. The lowest BCUT2D eigenvalue weighted by atomic mass is 10.1. The fourth-order valence-electron chi connectivity index (χ4n) is 1.33. The van der Waals surface area contributed by atoms with E-state index in [4.69, 9.17) is 14.2 Å². The van der Waals surface area contributed by atoms with E-state index in [0.29, 0.717) is 17.1 Å². The standard InChI is InChI=1S/C14H20O4/c1-14(2,3)18-9-13(15)10-6-11(16-4)8-12(7-10)17-5/h6-8H,9H2,1-5H3. The summed E-state index contributed by atoms with van der Waals surface area (Å²) < 4.78 is 15.7. The number of benzene rings is 1. The highest BCUT2D eigenvalue weighted by Gasteiger charge is 2.15. The minimum atomic E-state index is -0.335. The van der Waals surface area contributed by atoms with Gasteiger partial charge in [0.2, 0.25) is 0 Å². The van der Waals surface area contributed by atoms with Crippen molar-refractivity contribution in [1.82, 2.24) is 0 Å². The first-order valence-electron chi connectivity index (χ1n) is 5.76. The van der Waals surface area contributed by atoms with Crippen LogP contribution >= 0.6 is 0 Å². The fourth-order valence-corrected chi connectivity index (χ4v) is 1.33. The number of hydrogen-bond acceptors (Lipinski definition) is 4. The first-order chi connectivity index (χ1) is 8.35. The average molecular weight is 252 g/mol. The highest BCUT2D eigenvalue weighted by atomic mass is 16.5. The zero-order valence-electron chi connectivity index (χ0n) is 11.6. The molecule has 18 heavy (non-hydrogen) atoms. The zero-order chi connectivity index (χ0) is 13.8. The summed E-state index contributed by atoms with van der Waals surface area (Å²) in [4.78, 5) is 12.0. The average Bonchev–Trinajstić information content (AvgIpc) is 2.34. The van der Waals surface area contributed by atoms with Crippen LogP contribution in [0.15, 0.2) is 18.2 Å². The number of ether oxygens (including phenoxy) is 3. The van der Waals surface area contributed by atoms with E-state index in [1.54, 1.807) is 32.4 Å². The lowest BCUT2D eigenvalue weighted by molar-refractivity contribution is 0.00305. The number of Topliss-reactive ketones (excluding diaryl/α,β-unsaturated/α-hetero) is 1. The monoisotopic (exact) mass is 252 g/mol. The van der Waals surface area contributed by atoms with E-state index in [9.17, 15) is 4.79 Å². The van der Waals surface area contributed by atoms with Gasteiger partial charge >= 0.3 is 0 Å². The Bertz CT molecular complexity index is 396. The van der Waals surface area contributed by atoms with Crippen molar-refractivity contribution in [3.8, 4) is 11.5 Å². The molecule has 1 rings (SSSR count). The van der Waals surface area contributed by atoms with Gasteiger partial charge in [-0.05, 0) is 32.9 Å². The lowest BCUT2D eigenvalue weighted by Gasteiger charge is -2.19. The van der Waals surface area contributed by atoms with Gasteiger partial charge < -0.3 is 14.2 Å². The van der Waals surface area contributed by atoms with E-state index < -0.39 is 0 Å². The van der Waals surface area contributed by atoms with E-state index >= 15 is 0 Å². The van der Waals surface area contributed by atoms with Gasteiger partial charge in [0.1, 0.15) is 18.1 Å². The van der Waals surface area contributed by atoms with Crippen molar-refractivity contribution < 1.29 is 19.0 Å². The third-order valence-electron chi connectivity index (χ3n) is 2.31. The first kappa shape index (κ1) is 14.5. The molecule has 1 aromatic carbocycles. The maximum atomic E-state index is 12.0. The molecule has 0 saturated heterocycles. The van der Waals surface area contributed by atoms with Crippen LogP contribution < -0.4 is 9.47 Å². The third-order valence-corrected chi connectivity index (χ3v) is 2.31. The van der Waals surface area contributed by atoms with Crippen LogP contribution in [0.2, 0.25) is 0 Å². The van der Waals surface area contributed by atoms with E-state index in [1.165, 1.54) is 0 Å². The predicted molar refractivity (Wildman–Crippen MR) is 69.6 cm³/mol. The highest BCUT2D eigenvalue weighted by Crippen LogP contribution is 2.23. The Morgan fingerprint density at radius 2 is 1.56 bits per heavy atom. The molecule has 0 bridgehead atoms. The number of ketones is 1. The van der Waals surface area contributed by atoms with Crippen LogP contribution in [-0.2, 0) is 4.74 Å². The Hall–Kier alpha value is -1.55. The van der Waals surface area contributed by atoms with Gasteiger partial charge in [-0.25, -0.2) is 0 Å².